The molecule has 2 heteroatoms. The van der Waals surface area contributed by atoms with Crippen LogP contribution in [-0.4, -0.2) is 11.6 Å². The zero-order valence-corrected chi connectivity index (χ0v) is 13.8. The fraction of sp³-hybridized carbons (Fsp3) is 0.190. The zero-order chi connectivity index (χ0) is 16.7. The molecule has 0 heterocycles. The summed E-state index contributed by atoms with van der Waals surface area (Å²) in [5.41, 5.74) is 2.78. The molecule has 0 spiro atoms. The van der Waals surface area contributed by atoms with Gasteiger partial charge in [0.2, 0.25) is 0 Å². The fourth-order valence-corrected chi connectivity index (χ4v) is 1.97. The smallest absolute Gasteiger partial charge is 0.331 e. The van der Waals surface area contributed by atoms with Crippen molar-refractivity contribution in [2.24, 2.45) is 0 Å². The van der Waals surface area contributed by atoms with Crippen molar-refractivity contribution in [1.29, 1.82) is 0 Å². The van der Waals surface area contributed by atoms with Crippen LogP contribution in [0.15, 0.2) is 60.7 Å². The lowest BCUT2D eigenvalue weighted by atomic mass is 10.1. The molecule has 2 nitrogen and oxygen atoms in total. The Morgan fingerprint density at radius 2 is 1.26 bits per heavy atom. The van der Waals surface area contributed by atoms with Crippen LogP contribution in [0.25, 0.3) is 18.2 Å². The number of hydrogen-bond donors (Lipinski definition) is 0. The first-order valence-electron chi connectivity index (χ1n) is 7.67. The van der Waals surface area contributed by atoms with E-state index in [2.05, 4.69) is 24.3 Å². The first-order valence-corrected chi connectivity index (χ1v) is 7.67. The van der Waals surface area contributed by atoms with Gasteiger partial charge in [-0.15, -0.1) is 0 Å². The van der Waals surface area contributed by atoms with Gasteiger partial charge in [-0.1, -0.05) is 66.7 Å². The van der Waals surface area contributed by atoms with E-state index in [1.807, 2.05) is 63.2 Å². The number of hydrogen-bond acceptors (Lipinski definition) is 2. The Kier molecular flexibility index (Phi) is 5.53. The summed E-state index contributed by atoms with van der Waals surface area (Å²) in [6.45, 7) is 5.56. The summed E-state index contributed by atoms with van der Waals surface area (Å²) < 4.78 is 5.23. The average molecular weight is 306 g/mol. The molecule has 0 amide bonds. The Morgan fingerprint density at radius 1 is 0.783 bits per heavy atom. The third kappa shape index (κ3) is 6.35. The second-order valence-electron chi connectivity index (χ2n) is 6.28. The van der Waals surface area contributed by atoms with Gasteiger partial charge >= 0.3 is 5.97 Å². The molecule has 0 saturated carbocycles. The first-order chi connectivity index (χ1) is 10.9. The Morgan fingerprint density at radius 3 is 1.78 bits per heavy atom. The van der Waals surface area contributed by atoms with E-state index >= 15 is 0 Å². The molecular formula is C21H22O2. The topological polar surface area (TPSA) is 26.3 Å². The molecule has 0 aliphatic heterocycles. The van der Waals surface area contributed by atoms with Gasteiger partial charge in [0.1, 0.15) is 5.60 Å². The van der Waals surface area contributed by atoms with Crippen molar-refractivity contribution in [3.8, 4) is 0 Å². The first kappa shape index (κ1) is 16.8. The van der Waals surface area contributed by atoms with E-state index in [-0.39, 0.29) is 5.97 Å². The maximum Gasteiger partial charge on any atom is 0.331 e. The predicted molar refractivity (Wildman–Crippen MR) is 96.7 cm³/mol. The monoisotopic (exact) mass is 306 g/mol. The molecule has 0 fully saturated rings. The summed E-state index contributed by atoms with van der Waals surface area (Å²) in [5, 5.41) is 0. The average Bonchev–Trinajstić information content (AvgIpc) is 2.51. The Balaban J connectivity index is 1.97. The lowest BCUT2D eigenvalue weighted by molar-refractivity contribution is -0.148. The highest BCUT2D eigenvalue weighted by atomic mass is 16.6. The van der Waals surface area contributed by atoms with Gasteiger partial charge in [-0.05, 0) is 43.5 Å². The standard InChI is InChI=1S/C21H22O2/c1-21(2,3)23-20(22)16-15-19-13-11-18(12-14-19)10-9-17-7-5-4-6-8-17/h4-16H,1-3H3/b10-9-,16-15-. The summed E-state index contributed by atoms with van der Waals surface area (Å²) in [6.07, 6.45) is 7.36. The van der Waals surface area contributed by atoms with Crippen molar-refractivity contribution in [2.45, 2.75) is 26.4 Å². The molecule has 0 aliphatic rings. The van der Waals surface area contributed by atoms with Crippen LogP contribution in [0.4, 0.5) is 0 Å². The normalized spacial score (nSPS) is 12.0. The van der Waals surface area contributed by atoms with Crippen molar-refractivity contribution in [3.63, 3.8) is 0 Å². The van der Waals surface area contributed by atoms with E-state index in [0.29, 0.717) is 0 Å². The zero-order valence-electron chi connectivity index (χ0n) is 13.8. The summed E-state index contributed by atoms with van der Waals surface area (Å²) in [5.74, 6) is -0.328. The predicted octanol–water partition coefficient (Wildman–Crippen LogP) is 5.21. The molecule has 0 bridgehead atoms. The van der Waals surface area contributed by atoms with Gasteiger partial charge in [-0.2, -0.15) is 0 Å². The van der Waals surface area contributed by atoms with Crippen molar-refractivity contribution in [2.75, 3.05) is 0 Å². The molecule has 118 valence electrons. The Labute approximate surface area is 138 Å². The number of rotatable bonds is 4. The van der Waals surface area contributed by atoms with Gasteiger partial charge in [-0.3, -0.25) is 0 Å². The van der Waals surface area contributed by atoms with E-state index in [1.165, 1.54) is 11.6 Å². The summed E-state index contributed by atoms with van der Waals surface area (Å²) >= 11 is 0. The number of carbonyl (C=O) groups excluding carboxylic acids is 1. The van der Waals surface area contributed by atoms with Gasteiger partial charge in [0.15, 0.2) is 0 Å². The maximum absolute atomic E-state index is 11.6. The van der Waals surface area contributed by atoms with Crippen LogP contribution in [0, 0.1) is 0 Å². The molecule has 0 aromatic heterocycles. The molecule has 0 radical (unpaired) electrons. The van der Waals surface area contributed by atoms with Gasteiger partial charge in [-0.25, -0.2) is 4.79 Å². The van der Waals surface area contributed by atoms with Crippen molar-refractivity contribution in [1.82, 2.24) is 0 Å². The molecule has 0 aliphatic carbocycles. The van der Waals surface area contributed by atoms with Crippen LogP contribution in [0.1, 0.15) is 37.5 Å². The second-order valence-corrected chi connectivity index (χ2v) is 6.28. The molecule has 2 aromatic carbocycles. The number of esters is 1. The van der Waals surface area contributed by atoms with Crippen LogP contribution in [0.2, 0.25) is 0 Å². The quantitative estimate of drug-likeness (QED) is 0.440. The Hall–Kier alpha value is -2.61. The molecule has 0 unspecified atom stereocenters. The molecular weight excluding hydrogens is 284 g/mol. The molecule has 2 rings (SSSR count). The minimum Gasteiger partial charge on any atom is -0.457 e. The summed E-state index contributed by atoms with van der Waals surface area (Å²) in [4.78, 5) is 11.6. The molecule has 0 atom stereocenters. The number of carbonyl (C=O) groups is 1. The summed E-state index contributed by atoms with van der Waals surface area (Å²) in [6, 6.07) is 18.2. The molecule has 0 N–H and O–H groups in total. The minimum atomic E-state index is -0.465. The Bertz CT molecular complexity index is 687. The van der Waals surface area contributed by atoms with Gasteiger partial charge in [0.25, 0.3) is 0 Å². The second kappa shape index (κ2) is 7.59. The van der Waals surface area contributed by atoms with Crippen molar-refractivity contribution in [3.05, 3.63) is 77.4 Å². The van der Waals surface area contributed by atoms with Crippen LogP contribution < -0.4 is 0 Å². The van der Waals surface area contributed by atoms with E-state index < -0.39 is 5.60 Å². The lowest BCUT2D eigenvalue weighted by Gasteiger charge is -2.17. The highest BCUT2D eigenvalue weighted by Gasteiger charge is 2.13. The minimum absolute atomic E-state index is 0.328. The lowest BCUT2D eigenvalue weighted by Crippen LogP contribution is -2.22. The van der Waals surface area contributed by atoms with E-state index in [0.717, 1.165) is 11.1 Å². The highest BCUT2D eigenvalue weighted by Crippen LogP contribution is 2.12. The van der Waals surface area contributed by atoms with Crippen molar-refractivity contribution < 1.29 is 9.53 Å². The summed E-state index contributed by atoms with van der Waals surface area (Å²) in [7, 11) is 0. The van der Waals surface area contributed by atoms with Crippen LogP contribution in [-0.2, 0) is 9.53 Å². The van der Waals surface area contributed by atoms with Crippen LogP contribution in [0.3, 0.4) is 0 Å². The molecule has 0 saturated heterocycles. The van der Waals surface area contributed by atoms with Crippen molar-refractivity contribution >= 4 is 24.2 Å². The van der Waals surface area contributed by atoms with E-state index in [1.54, 1.807) is 6.08 Å². The largest absolute Gasteiger partial charge is 0.457 e. The van der Waals surface area contributed by atoms with E-state index in [9.17, 15) is 4.79 Å². The van der Waals surface area contributed by atoms with Gasteiger partial charge < -0.3 is 4.74 Å². The van der Waals surface area contributed by atoms with Crippen LogP contribution in [0.5, 0.6) is 0 Å². The molecule has 2 aromatic rings. The van der Waals surface area contributed by atoms with Gasteiger partial charge in [0, 0.05) is 6.08 Å². The highest BCUT2D eigenvalue weighted by molar-refractivity contribution is 5.87. The fourth-order valence-electron chi connectivity index (χ4n) is 1.97. The third-order valence-electron chi connectivity index (χ3n) is 3.02. The SMILES string of the molecule is CC(C)(C)OC(=O)/C=C\c1ccc(/C=C\c2ccccc2)cc1. The third-order valence-corrected chi connectivity index (χ3v) is 3.02. The number of benzene rings is 2. The van der Waals surface area contributed by atoms with Crippen LogP contribution >= 0.6 is 0 Å². The number of ether oxygens (including phenoxy) is 1. The van der Waals surface area contributed by atoms with E-state index in [4.69, 9.17) is 4.74 Å². The molecule has 23 heavy (non-hydrogen) atoms. The van der Waals surface area contributed by atoms with Gasteiger partial charge in [0.05, 0.1) is 0 Å². The maximum atomic E-state index is 11.6.